The van der Waals surface area contributed by atoms with E-state index in [1.807, 2.05) is 11.4 Å². The van der Waals surface area contributed by atoms with Gasteiger partial charge >= 0.3 is 5.97 Å². The second-order valence-corrected chi connectivity index (χ2v) is 5.46. The lowest BCUT2D eigenvalue weighted by atomic mass is 10.1. The first kappa shape index (κ1) is 14.3. The molecule has 0 radical (unpaired) electrons. The minimum atomic E-state index is -1.02. The van der Waals surface area contributed by atoms with Crippen molar-refractivity contribution in [1.82, 2.24) is 4.98 Å². The average molecular weight is 291 g/mol. The summed E-state index contributed by atoms with van der Waals surface area (Å²) in [6.07, 6.45) is 2.63. The van der Waals surface area contributed by atoms with E-state index in [2.05, 4.69) is 17.2 Å². The predicted molar refractivity (Wildman–Crippen MR) is 81.3 cm³/mol. The molecule has 0 bridgehead atoms. The molecule has 0 aliphatic heterocycles. The van der Waals surface area contributed by atoms with Gasteiger partial charge in [-0.25, -0.2) is 9.78 Å². The Kier molecular flexibility index (Phi) is 4.24. The first-order valence-corrected chi connectivity index (χ1v) is 7.20. The Labute approximate surface area is 121 Å². The molecule has 0 saturated heterocycles. The van der Waals surface area contributed by atoms with Crippen LogP contribution in [0.4, 0.5) is 11.4 Å². The van der Waals surface area contributed by atoms with Gasteiger partial charge in [0, 0.05) is 23.0 Å². The molecule has 5 nitrogen and oxygen atoms in total. The summed E-state index contributed by atoms with van der Waals surface area (Å²) >= 11 is 1.58. The Morgan fingerprint density at radius 2 is 2.30 bits per heavy atom. The fraction of sp³-hybridized carbons (Fsp3) is 0.286. The number of benzene rings is 1. The number of thiazole rings is 1. The molecule has 0 aliphatic carbocycles. The van der Waals surface area contributed by atoms with E-state index in [0.29, 0.717) is 5.69 Å². The van der Waals surface area contributed by atoms with Crippen LogP contribution in [0, 0.1) is 6.92 Å². The molecule has 0 amide bonds. The number of hydrogen-bond acceptors (Lipinski definition) is 5. The third-order valence-electron chi connectivity index (χ3n) is 3.12. The Balaban J connectivity index is 2.31. The smallest absolute Gasteiger partial charge is 0.337 e. The van der Waals surface area contributed by atoms with Gasteiger partial charge in [-0.3, -0.25) is 0 Å². The van der Waals surface area contributed by atoms with Crippen molar-refractivity contribution in [2.24, 2.45) is 0 Å². The lowest BCUT2D eigenvalue weighted by Crippen LogP contribution is -2.11. The van der Waals surface area contributed by atoms with E-state index >= 15 is 0 Å². The van der Waals surface area contributed by atoms with Crippen molar-refractivity contribution in [3.8, 4) is 0 Å². The number of aromatic nitrogens is 1. The number of aromatic carboxylic acids is 1. The van der Waals surface area contributed by atoms with Gasteiger partial charge in [0.2, 0.25) is 0 Å². The maximum atomic E-state index is 11.2. The van der Waals surface area contributed by atoms with Crippen LogP contribution in [0.25, 0.3) is 0 Å². The minimum absolute atomic E-state index is 0.0691. The molecule has 0 fully saturated rings. The molecule has 2 rings (SSSR count). The van der Waals surface area contributed by atoms with Crippen molar-refractivity contribution in [2.75, 3.05) is 11.1 Å². The number of nitrogen functional groups attached to an aromatic ring is 1. The maximum absolute atomic E-state index is 11.2. The zero-order valence-electron chi connectivity index (χ0n) is 11.4. The summed E-state index contributed by atoms with van der Waals surface area (Å²) < 4.78 is 0. The van der Waals surface area contributed by atoms with Gasteiger partial charge < -0.3 is 16.2 Å². The molecule has 1 heterocycles. The van der Waals surface area contributed by atoms with Crippen LogP contribution < -0.4 is 11.1 Å². The van der Waals surface area contributed by atoms with Gasteiger partial charge in [0.05, 0.1) is 11.6 Å². The van der Waals surface area contributed by atoms with Crippen molar-refractivity contribution >= 4 is 28.7 Å². The number of nitrogens with two attached hydrogens (primary N) is 1. The zero-order chi connectivity index (χ0) is 14.7. The first-order valence-electron chi connectivity index (χ1n) is 6.32. The lowest BCUT2D eigenvalue weighted by Gasteiger charge is -2.17. The second kappa shape index (κ2) is 5.92. The van der Waals surface area contributed by atoms with E-state index in [1.165, 1.54) is 0 Å². The number of aryl methyl sites for hydroxylation is 1. The number of carboxylic acids is 1. The fourth-order valence-electron chi connectivity index (χ4n) is 2.00. The van der Waals surface area contributed by atoms with E-state index < -0.39 is 5.97 Å². The maximum Gasteiger partial charge on any atom is 0.337 e. The Bertz CT molecular complexity index is 611. The molecule has 20 heavy (non-hydrogen) atoms. The van der Waals surface area contributed by atoms with Crippen molar-refractivity contribution in [3.63, 3.8) is 0 Å². The topological polar surface area (TPSA) is 88.2 Å². The fourth-order valence-corrected chi connectivity index (χ4v) is 2.78. The molecule has 1 unspecified atom stereocenters. The summed E-state index contributed by atoms with van der Waals surface area (Å²) in [5.74, 6) is -1.02. The number of hydrogen-bond donors (Lipinski definition) is 3. The molecule has 1 aromatic carbocycles. The van der Waals surface area contributed by atoms with Crippen molar-refractivity contribution in [3.05, 3.63) is 39.8 Å². The van der Waals surface area contributed by atoms with Gasteiger partial charge in [0.1, 0.15) is 5.01 Å². The van der Waals surface area contributed by atoms with Crippen LogP contribution in [-0.4, -0.2) is 16.1 Å². The summed E-state index contributed by atoms with van der Waals surface area (Å²) in [5, 5.41) is 15.4. The average Bonchev–Trinajstić information content (AvgIpc) is 2.93. The molecule has 4 N–H and O–H groups in total. The van der Waals surface area contributed by atoms with Gasteiger partial charge in [-0.1, -0.05) is 6.92 Å². The van der Waals surface area contributed by atoms with Crippen LogP contribution in [0.15, 0.2) is 23.7 Å². The standard InChI is InChI=1S/C14H17N3O2S/c1-3-11(13-16-4-5-20-13)17-9-6-8(2)12(15)10(7-9)14(18)19/h4-7,11,17H,3,15H2,1-2H3,(H,18,19). The normalized spacial score (nSPS) is 12.1. The Morgan fingerprint density at radius 1 is 1.55 bits per heavy atom. The van der Waals surface area contributed by atoms with Gasteiger partial charge in [-0.15, -0.1) is 11.3 Å². The van der Waals surface area contributed by atoms with Gasteiger partial charge in [-0.2, -0.15) is 0 Å². The van der Waals surface area contributed by atoms with Crippen LogP contribution in [0.2, 0.25) is 0 Å². The molecule has 0 spiro atoms. The highest BCUT2D eigenvalue weighted by Gasteiger charge is 2.15. The molecular weight excluding hydrogens is 274 g/mol. The van der Waals surface area contributed by atoms with E-state index in [1.54, 1.807) is 30.5 Å². The number of carboxylic acid groups (broad SMARTS) is 1. The highest BCUT2D eigenvalue weighted by atomic mass is 32.1. The third kappa shape index (κ3) is 2.91. The van der Waals surface area contributed by atoms with Crippen LogP contribution in [-0.2, 0) is 0 Å². The number of anilines is 2. The number of rotatable bonds is 5. The summed E-state index contributed by atoms with van der Waals surface area (Å²) in [6.45, 7) is 3.86. The van der Waals surface area contributed by atoms with Crippen molar-refractivity contribution < 1.29 is 9.90 Å². The van der Waals surface area contributed by atoms with E-state index in [-0.39, 0.29) is 11.6 Å². The first-order chi connectivity index (χ1) is 9.52. The van der Waals surface area contributed by atoms with E-state index in [9.17, 15) is 9.90 Å². The summed E-state index contributed by atoms with van der Waals surface area (Å²) in [4.78, 5) is 15.5. The molecular formula is C14H17N3O2S. The molecule has 6 heteroatoms. The lowest BCUT2D eigenvalue weighted by molar-refractivity contribution is 0.0698. The monoisotopic (exact) mass is 291 g/mol. The van der Waals surface area contributed by atoms with Gasteiger partial charge in [0.15, 0.2) is 0 Å². The largest absolute Gasteiger partial charge is 0.478 e. The summed E-state index contributed by atoms with van der Waals surface area (Å²) in [7, 11) is 0. The summed E-state index contributed by atoms with van der Waals surface area (Å²) in [5.41, 5.74) is 7.73. The summed E-state index contributed by atoms with van der Waals surface area (Å²) in [6, 6.07) is 3.50. The Hall–Kier alpha value is -2.08. The highest BCUT2D eigenvalue weighted by Crippen LogP contribution is 2.28. The molecule has 1 atom stereocenters. The zero-order valence-corrected chi connectivity index (χ0v) is 12.2. The van der Waals surface area contributed by atoms with E-state index in [4.69, 9.17) is 5.73 Å². The molecule has 0 aliphatic rings. The van der Waals surface area contributed by atoms with Crippen molar-refractivity contribution in [1.29, 1.82) is 0 Å². The predicted octanol–water partition coefficient (Wildman–Crippen LogP) is 3.30. The van der Waals surface area contributed by atoms with Crippen LogP contribution in [0.3, 0.4) is 0 Å². The number of carbonyl (C=O) groups is 1. The molecule has 2 aromatic rings. The van der Waals surface area contributed by atoms with Crippen LogP contribution >= 0.6 is 11.3 Å². The van der Waals surface area contributed by atoms with Crippen LogP contribution in [0.1, 0.15) is 40.3 Å². The van der Waals surface area contributed by atoms with Gasteiger partial charge in [0.25, 0.3) is 0 Å². The molecule has 0 saturated carbocycles. The van der Waals surface area contributed by atoms with Crippen molar-refractivity contribution in [2.45, 2.75) is 26.3 Å². The molecule has 1 aromatic heterocycles. The highest BCUT2D eigenvalue weighted by molar-refractivity contribution is 7.09. The van der Waals surface area contributed by atoms with Gasteiger partial charge in [-0.05, 0) is 31.0 Å². The van der Waals surface area contributed by atoms with E-state index in [0.717, 1.165) is 22.7 Å². The number of nitrogens with one attached hydrogen (secondary N) is 1. The SMILES string of the molecule is CCC(Nc1cc(C)c(N)c(C(=O)O)c1)c1nccs1. The quantitative estimate of drug-likeness (QED) is 0.736. The van der Waals surface area contributed by atoms with Crippen LogP contribution in [0.5, 0.6) is 0 Å². The minimum Gasteiger partial charge on any atom is -0.478 e. The number of nitrogens with zero attached hydrogens (tertiary/aromatic N) is 1. The second-order valence-electron chi connectivity index (χ2n) is 4.54. The molecule has 106 valence electrons. The Morgan fingerprint density at radius 3 is 2.85 bits per heavy atom. The third-order valence-corrected chi connectivity index (χ3v) is 4.01.